The maximum absolute atomic E-state index is 12.2. The Bertz CT molecular complexity index is 680. The Balaban J connectivity index is 1.65. The van der Waals surface area contributed by atoms with E-state index < -0.39 is 0 Å². The summed E-state index contributed by atoms with van der Waals surface area (Å²) in [5.41, 5.74) is 0.806. The highest BCUT2D eigenvalue weighted by Gasteiger charge is 2.17. The minimum Gasteiger partial charge on any atom is -0.507 e. The number of aromatic nitrogens is 2. The van der Waals surface area contributed by atoms with Gasteiger partial charge in [-0.05, 0) is 31.0 Å². The second-order valence-corrected chi connectivity index (χ2v) is 6.12. The van der Waals surface area contributed by atoms with Gasteiger partial charge >= 0.3 is 0 Å². The van der Waals surface area contributed by atoms with Crippen LogP contribution in [0.1, 0.15) is 23.2 Å². The molecule has 1 saturated heterocycles. The number of nitrogens with one attached hydrogen (secondary N) is 1. The van der Waals surface area contributed by atoms with E-state index in [1.165, 1.54) is 6.07 Å². The van der Waals surface area contributed by atoms with Gasteiger partial charge in [0.1, 0.15) is 5.75 Å². The number of amides is 1. The van der Waals surface area contributed by atoms with Crippen molar-refractivity contribution in [2.75, 3.05) is 11.9 Å². The minimum atomic E-state index is -0.373. The topological polar surface area (TPSA) is 76.4 Å². The van der Waals surface area contributed by atoms with Gasteiger partial charge in [-0.2, -0.15) is 5.10 Å². The van der Waals surface area contributed by atoms with E-state index in [0.717, 1.165) is 19.4 Å². The molecule has 1 atom stereocenters. The molecule has 2 aromatic rings. The second-order valence-electron chi connectivity index (χ2n) is 5.20. The van der Waals surface area contributed by atoms with Crippen molar-refractivity contribution in [2.45, 2.75) is 25.5 Å². The molecule has 2 heterocycles. The molecule has 0 radical (unpaired) electrons. The van der Waals surface area contributed by atoms with E-state index in [1.807, 2.05) is 0 Å². The number of ether oxygens (including phenoxy) is 1. The Kier molecular flexibility index (Phi) is 4.44. The number of hydrogen-bond donors (Lipinski definition) is 2. The molecule has 0 unspecified atom stereocenters. The lowest BCUT2D eigenvalue weighted by atomic mass is 10.2. The summed E-state index contributed by atoms with van der Waals surface area (Å²) in [4.78, 5) is 12.2. The maximum atomic E-state index is 12.2. The molecular formula is C15H16BrN3O3. The van der Waals surface area contributed by atoms with Gasteiger partial charge in [0.2, 0.25) is 0 Å². The summed E-state index contributed by atoms with van der Waals surface area (Å²) in [5, 5.41) is 16.7. The van der Waals surface area contributed by atoms with Crippen LogP contribution < -0.4 is 5.32 Å². The number of carbonyl (C=O) groups excluding carboxylic acids is 1. The third-order valence-electron chi connectivity index (χ3n) is 3.51. The summed E-state index contributed by atoms with van der Waals surface area (Å²) in [6.07, 6.45) is 5.66. The third-order valence-corrected chi connectivity index (χ3v) is 4.00. The van der Waals surface area contributed by atoms with Gasteiger partial charge in [0.25, 0.3) is 5.91 Å². The Morgan fingerprint density at radius 1 is 1.55 bits per heavy atom. The van der Waals surface area contributed by atoms with E-state index >= 15 is 0 Å². The monoisotopic (exact) mass is 365 g/mol. The van der Waals surface area contributed by atoms with Crippen LogP contribution in [0, 0.1) is 0 Å². The van der Waals surface area contributed by atoms with E-state index in [4.69, 9.17) is 4.74 Å². The van der Waals surface area contributed by atoms with Crippen LogP contribution in [0.15, 0.2) is 35.1 Å². The summed E-state index contributed by atoms with van der Waals surface area (Å²) >= 11 is 3.24. The highest BCUT2D eigenvalue weighted by Crippen LogP contribution is 2.23. The first-order chi connectivity index (χ1) is 10.6. The molecule has 3 rings (SSSR count). The van der Waals surface area contributed by atoms with Gasteiger partial charge in [-0.1, -0.05) is 15.9 Å². The number of hydrogen-bond acceptors (Lipinski definition) is 4. The lowest BCUT2D eigenvalue weighted by Gasteiger charge is -2.08. The van der Waals surface area contributed by atoms with Crippen LogP contribution in [0.4, 0.5) is 5.69 Å². The average molecular weight is 366 g/mol. The maximum Gasteiger partial charge on any atom is 0.259 e. The molecule has 0 bridgehead atoms. The predicted octanol–water partition coefficient (Wildman–Crippen LogP) is 2.78. The van der Waals surface area contributed by atoms with Gasteiger partial charge in [0, 0.05) is 17.3 Å². The van der Waals surface area contributed by atoms with Gasteiger partial charge < -0.3 is 15.2 Å². The van der Waals surface area contributed by atoms with E-state index in [0.29, 0.717) is 16.7 Å². The summed E-state index contributed by atoms with van der Waals surface area (Å²) in [7, 11) is 0. The molecule has 0 aliphatic carbocycles. The van der Waals surface area contributed by atoms with Gasteiger partial charge in [-0.25, -0.2) is 0 Å². The van der Waals surface area contributed by atoms with Crippen molar-refractivity contribution in [3.05, 3.63) is 40.6 Å². The molecule has 6 nitrogen and oxygen atoms in total. The van der Waals surface area contributed by atoms with E-state index in [-0.39, 0.29) is 23.3 Å². The molecule has 1 aliphatic rings. The Hall–Kier alpha value is -1.86. The highest BCUT2D eigenvalue weighted by atomic mass is 79.9. The normalized spacial score (nSPS) is 17.6. The van der Waals surface area contributed by atoms with Crippen molar-refractivity contribution >= 4 is 27.5 Å². The molecule has 7 heteroatoms. The Morgan fingerprint density at radius 3 is 3.14 bits per heavy atom. The summed E-state index contributed by atoms with van der Waals surface area (Å²) < 4.78 is 8.03. The number of halogens is 1. The zero-order chi connectivity index (χ0) is 15.5. The predicted molar refractivity (Wildman–Crippen MR) is 85.0 cm³/mol. The molecule has 116 valence electrons. The smallest absolute Gasteiger partial charge is 0.259 e. The molecule has 0 spiro atoms. The number of benzene rings is 1. The fourth-order valence-corrected chi connectivity index (χ4v) is 2.77. The van der Waals surface area contributed by atoms with Crippen molar-refractivity contribution in [2.24, 2.45) is 0 Å². The SMILES string of the molecule is O=C(Nc1cnn(C[C@@H]2CCCO2)c1)c1ccc(Br)cc1O. The van der Waals surface area contributed by atoms with Crippen LogP contribution in [-0.4, -0.2) is 33.5 Å². The fourth-order valence-electron chi connectivity index (χ4n) is 2.42. The number of aromatic hydroxyl groups is 1. The zero-order valence-electron chi connectivity index (χ0n) is 11.8. The van der Waals surface area contributed by atoms with Crippen LogP contribution in [-0.2, 0) is 11.3 Å². The van der Waals surface area contributed by atoms with E-state index in [1.54, 1.807) is 29.2 Å². The number of carbonyl (C=O) groups is 1. The van der Waals surface area contributed by atoms with Gasteiger partial charge in [0.05, 0.1) is 30.1 Å². The van der Waals surface area contributed by atoms with Crippen molar-refractivity contribution in [3.8, 4) is 5.75 Å². The number of anilines is 1. The molecule has 1 aliphatic heterocycles. The van der Waals surface area contributed by atoms with E-state index in [2.05, 4.69) is 26.3 Å². The lowest BCUT2D eigenvalue weighted by molar-refractivity contribution is 0.0940. The van der Waals surface area contributed by atoms with Gasteiger partial charge in [-0.3, -0.25) is 9.48 Å². The second kappa shape index (κ2) is 6.50. The van der Waals surface area contributed by atoms with Crippen molar-refractivity contribution < 1.29 is 14.6 Å². The van der Waals surface area contributed by atoms with Crippen molar-refractivity contribution in [3.63, 3.8) is 0 Å². The summed E-state index contributed by atoms with van der Waals surface area (Å²) in [6.45, 7) is 1.48. The molecule has 2 N–H and O–H groups in total. The quantitative estimate of drug-likeness (QED) is 0.873. The zero-order valence-corrected chi connectivity index (χ0v) is 13.4. The summed E-state index contributed by atoms with van der Waals surface area (Å²) in [6, 6.07) is 4.75. The van der Waals surface area contributed by atoms with Crippen LogP contribution >= 0.6 is 15.9 Å². The average Bonchev–Trinajstić information content (AvgIpc) is 3.11. The molecule has 1 fully saturated rings. The first-order valence-electron chi connectivity index (χ1n) is 7.06. The van der Waals surface area contributed by atoms with Gasteiger partial charge in [-0.15, -0.1) is 0 Å². The Labute approximate surface area is 136 Å². The van der Waals surface area contributed by atoms with E-state index in [9.17, 15) is 9.90 Å². The molecule has 1 aromatic carbocycles. The van der Waals surface area contributed by atoms with Gasteiger partial charge in [0.15, 0.2) is 0 Å². The van der Waals surface area contributed by atoms with Crippen LogP contribution in [0.5, 0.6) is 5.75 Å². The molecular weight excluding hydrogens is 350 g/mol. The number of rotatable bonds is 4. The van der Waals surface area contributed by atoms with Crippen molar-refractivity contribution in [1.82, 2.24) is 9.78 Å². The number of nitrogens with zero attached hydrogens (tertiary/aromatic N) is 2. The van der Waals surface area contributed by atoms with Crippen LogP contribution in [0.3, 0.4) is 0 Å². The molecule has 0 saturated carbocycles. The molecule has 1 amide bonds. The number of phenols is 1. The molecule has 1 aromatic heterocycles. The third kappa shape index (κ3) is 3.48. The van der Waals surface area contributed by atoms with Crippen LogP contribution in [0.2, 0.25) is 0 Å². The van der Waals surface area contributed by atoms with Crippen LogP contribution in [0.25, 0.3) is 0 Å². The molecule has 22 heavy (non-hydrogen) atoms. The fraction of sp³-hybridized carbons (Fsp3) is 0.333. The first-order valence-corrected chi connectivity index (χ1v) is 7.85. The minimum absolute atomic E-state index is 0.0707. The van der Waals surface area contributed by atoms with Crippen molar-refractivity contribution in [1.29, 1.82) is 0 Å². The number of phenolic OH excluding ortho intramolecular Hbond substituents is 1. The summed E-state index contributed by atoms with van der Waals surface area (Å²) in [5.74, 6) is -0.444. The Morgan fingerprint density at radius 2 is 2.41 bits per heavy atom. The highest BCUT2D eigenvalue weighted by molar-refractivity contribution is 9.10. The first kappa shape index (κ1) is 15.1. The standard InChI is InChI=1S/C15H16BrN3O3/c16-10-3-4-13(14(20)6-10)15(21)18-11-7-17-19(8-11)9-12-2-1-5-22-12/h3-4,6-8,12,20H,1-2,5,9H2,(H,18,21)/t12-/m0/s1. The lowest BCUT2D eigenvalue weighted by Crippen LogP contribution is -2.15. The largest absolute Gasteiger partial charge is 0.507 e.